The van der Waals surface area contributed by atoms with Crippen LogP contribution in [0, 0.1) is 5.82 Å². The molecule has 1 heterocycles. The summed E-state index contributed by atoms with van der Waals surface area (Å²) < 4.78 is 57.3. The average molecular weight is 1490 g/mol. The highest BCUT2D eigenvalue weighted by molar-refractivity contribution is 6.06. The maximum atomic E-state index is 15.6. The number of aliphatic imine (C=N–C) groups is 1. The van der Waals surface area contributed by atoms with Gasteiger partial charge in [0.1, 0.15) is 5.82 Å². The van der Waals surface area contributed by atoms with E-state index in [0.29, 0.717) is 68.4 Å². The van der Waals surface area contributed by atoms with E-state index in [9.17, 15) is 0 Å². The van der Waals surface area contributed by atoms with Crippen molar-refractivity contribution in [3.8, 4) is 45.6 Å². The van der Waals surface area contributed by atoms with Gasteiger partial charge in [-0.1, -0.05) is 400 Å². The number of ether oxygens (including phenoxy) is 6. The van der Waals surface area contributed by atoms with Crippen LogP contribution < -0.4 is 38.9 Å². The molecule has 10 heteroatoms. The molecule has 4 aromatic carbocycles. The van der Waals surface area contributed by atoms with E-state index in [1.165, 1.54) is 314 Å². The highest BCUT2D eigenvalue weighted by Gasteiger charge is 2.27. The number of hydrogen-bond acceptors (Lipinski definition) is 9. The van der Waals surface area contributed by atoms with Crippen LogP contribution in [0.25, 0.3) is 11.1 Å². The summed E-state index contributed by atoms with van der Waals surface area (Å²) in [5.74, 6) is 4.51. The normalized spacial score (nSPS) is 12.0. The first kappa shape index (κ1) is 92.5. The van der Waals surface area contributed by atoms with Gasteiger partial charge in [-0.05, 0) is 104 Å². The minimum atomic E-state index is -0.313. The quantitative estimate of drug-likeness (QED) is 0.0438. The van der Waals surface area contributed by atoms with Gasteiger partial charge in [-0.15, -0.1) is 0 Å². The van der Waals surface area contributed by atoms with Gasteiger partial charge in [-0.3, -0.25) is 10.4 Å². The molecule has 9 nitrogen and oxygen atoms in total. The third-order valence-corrected chi connectivity index (χ3v) is 21.9. The third-order valence-electron chi connectivity index (χ3n) is 21.9. The number of anilines is 2. The molecule has 0 saturated heterocycles. The number of benzene rings is 4. The van der Waals surface area contributed by atoms with Crippen LogP contribution >= 0.6 is 0 Å². The van der Waals surface area contributed by atoms with Crippen molar-refractivity contribution in [1.29, 1.82) is 0 Å². The van der Waals surface area contributed by atoms with E-state index in [4.69, 9.17) is 33.4 Å². The van der Waals surface area contributed by atoms with E-state index >= 15 is 4.39 Å². The summed E-state index contributed by atoms with van der Waals surface area (Å²) in [7, 11) is 0. The molecule has 4 aromatic rings. The zero-order chi connectivity index (χ0) is 75.8. The lowest BCUT2D eigenvalue weighted by molar-refractivity contribution is 0.234. The molecule has 1 aliphatic rings. The number of hydrazine groups is 1. The minimum Gasteiger partial charge on any atom is -0.490 e. The Balaban J connectivity index is 1.54. The van der Waals surface area contributed by atoms with Gasteiger partial charge in [0.25, 0.3) is 0 Å². The van der Waals surface area contributed by atoms with Crippen LogP contribution in [0.3, 0.4) is 0 Å². The van der Waals surface area contributed by atoms with Crippen LogP contribution in [0.15, 0.2) is 71.7 Å². The Bertz CT molecular complexity index is 2690. The van der Waals surface area contributed by atoms with Crippen molar-refractivity contribution in [2.24, 2.45) is 4.99 Å². The van der Waals surface area contributed by atoms with Crippen molar-refractivity contribution >= 4 is 22.9 Å². The number of amidine groups is 1. The van der Waals surface area contributed by atoms with Crippen molar-refractivity contribution in [2.45, 2.75) is 427 Å². The first-order valence-electron chi connectivity index (χ1n) is 46.1. The summed E-state index contributed by atoms with van der Waals surface area (Å²) in [4.78, 5) is 5.57. The number of nitrogens with zero attached hydrogens (tertiary/aromatic N) is 2. The molecule has 0 radical (unpaired) electrons. The second-order valence-electron chi connectivity index (χ2n) is 31.9. The highest BCUT2D eigenvalue weighted by atomic mass is 19.1. The summed E-state index contributed by atoms with van der Waals surface area (Å²) in [5.41, 5.74) is 8.66. The standard InChI is InChI=1S/C97H162FN3O6/c1-7-13-19-25-31-37-43-49-55-61-72-102-91-79-85(80-92(103-73-62-56-50-44-38-32-26-20-14-8-2)95(91)106-76-65-59-53-47-41-35-29-23-17-11-5)84-70-71-90-89(78-84)99-97(100-101(90)88-69-67-68-87(98)83-88)86-81-93(104-74-63-57-51-45-39-33-27-21-15-9-3)96(107-77-66-60-54-48-42-36-30-24-18-12-6)94(82-86)105-75-64-58-52-46-40-34-28-22-16-10-4/h67-71,78-83H,7-66,72-77H2,1-6H3,(H,99,100). The molecule has 0 aliphatic carbocycles. The van der Waals surface area contributed by atoms with Crippen LogP contribution in [0.5, 0.6) is 34.5 Å². The molecule has 107 heavy (non-hydrogen) atoms. The summed E-state index contributed by atoms with van der Waals surface area (Å²) in [6, 6.07) is 21.8. The molecule has 5 rings (SSSR count). The summed E-state index contributed by atoms with van der Waals surface area (Å²) >= 11 is 0. The van der Waals surface area contributed by atoms with Crippen LogP contribution in [0.2, 0.25) is 0 Å². The molecule has 0 unspecified atom stereocenters. The Kier molecular flexibility index (Phi) is 55.8. The molecule has 0 bridgehead atoms. The lowest BCUT2D eigenvalue weighted by Gasteiger charge is -2.32. The van der Waals surface area contributed by atoms with Crippen molar-refractivity contribution < 1.29 is 32.8 Å². The highest BCUT2D eigenvalue weighted by Crippen LogP contribution is 2.47. The zero-order valence-corrected chi connectivity index (χ0v) is 70.2. The van der Waals surface area contributed by atoms with E-state index < -0.39 is 0 Å². The van der Waals surface area contributed by atoms with Gasteiger partial charge < -0.3 is 28.4 Å². The number of rotatable bonds is 75. The summed E-state index contributed by atoms with van der Waals surface area (Å²) in [5, 5.41) is 1.97. The molecule has 0 amide bonds. The fourth-order valence-corrected chi connectivity index (χ4v) is 15.0. The Labute approximate surface area is 657 Å². The Morgan fingerprint density at radius 2 is 0.533 bits per heavy atom. The lowest BCUT2D eigenvalue weighted by atomic mass is 10.0. The first-order valence-corrected chi connectivity index (χ1v) is 46.1. The van der Waals surface area contributed by atoms with Gasteiger partial charge in [-0.25, -0.2) is 9.38 Å². The fraction of sp³-hybridized carbons (Fsp3) is 0.742. The molecular formula is C97H162FN3O6. The van der Waals surface area contributed by atoms with Crippen LogP contribution in [-0.2, 0) is 0 Å². The largest absolute Gasteiger partial charge is 0.490 e. The number of unbranched alkanes of at least 4 members (excludes halogenated alkanes) is 54. The number of fused-ring (bicyclic) bond motifs is 1. The van der Waals surface area contributed by atoms with Crippen molar-refractivity contribution in [3.05, 3.63) is 78.1 Å². The van der Waals surface area contributed by atoms with Crippen LogP contribution in [-0.4, -0.2) is 45.5 Å². The topological polar surface area (TPSA) is 83.0 Å². The van der Waals surface area contributed by atoms with Gasteiger partial charge in [0.05, 0.1) is 56.7 Å². The summed E-state index contributed by atoms with van der Waals surface area (Å²) in [6.45, 7) is 17.3. The van der Waals surface area contributed by atoms with E-state index in [0.717, 1.165) is 122 Å². The molecule has 608 valence electrons. The average Bonchev–Trinajstić information content (AvgIpc) is 0.764. The van der Waals surface area contributed by atoms with Gasteiger partial charge in [0, 0.05) is 5.56 Å². The lowest BCUT2D eigenvalue weighted by Crippen LogP contribution is -2.41. The number of hydrogen-bond donors (Lipinski definition) is 1. The van der Waals surface area contributed by atoms with Gasteiger partial charge >= 0.3 is 0 Å². The number of nitrogens with one attached hydrogen (secondary N) is 1. The smallest absolute Gasteiger partial charge is 0.203 e. The molecule has 0 aromatic heterocycles. The van der Waals surface area contributed by atoms with Crippen molar-refractivity contribution in [3.63, 3.8) is 0 Å². The molecule has 1 aliphatic heterocycles. The molecule has 0 saturated carbocycles. The van der Waals surface area contributed by atoms with Gasteiger partial charge in [0.2, 0.25) is 11.5 Å². The molecule has 0 atom stereocenters. The Morgan fingerprint density at radius 3 is 0.813 bits per heavy atom. The minimum absolute atomic E-state index is 0.313. The predicted molar refractivity (Wildman–Crippen MR) is 460 cm³/mol. The van der Waals surface area contributed by atoms with E-state index in [1.54, 1.807) is 12.1 Å². The molecule has 1 N–H and O–H groups in total. The fourth-order valence-electron chi connectivity index (χ4n) is 15.0. The van der Waals surface area contributed by atoms with Crippen molar-refractivity contribution in [1.82, 2.24) is 5.43 Å². The second kappa shape index (κ2) is 64.5. The van der Waals surface area contributed by atoms with E-state index in [2.05, 4.69) is 89.4 Å². The Hall–Kier alpha value is -5.12. The second-order valence-corrected chi connectivity index (χ2v) is 31.9. The summed E-state index contributed by atoms with van der Waals surface area (Å²) in [6.07, 6.45) is 75.6. The van der Waals surface area contributed by atoms with Crippen LogP contribution in [0.1, 0.15) is 432 Å². The predicted octanol–water partition coefficient (Wildman–Crippen LogP) is 32.0. The third kappa shape index (κ3) is 42.8. The first-order chi connectivity index (χ1) is 52.9. The van der Waals surface area contributed by atoms with Gasteiger partial charge in [0.15, 0.2) is 28.8 Å². The molecule has 0 spiro atoms. The van der Waals surface area contributed by atoms with E-state index in [1.807, 2.05) is 11.1 Å². The zero-order valence-electron chi connectivity index (χ0n) is 70.2. The van der Waals surface area contributed by atoms with Crippen molar-refractivity contribution in [2.75, 3.05) is 44.7 Å². The maximum absolute atomic E-state index is 15.6. The molecule has 0 fully saturated rings. The van der Waals surface area contributed by atoms with Gasteiger partial charge in [-0.2, -0.15) is 0 Å². The van der Waals surface area contributed by atoms with Crippen LogP contribution in [0.4, 0.5) is 21.5 Å². The molecular weight excluding hydrogens is 1320 g/mol. The van der Waals surface area contributed by atoms with E-state index in [-0.39, 0.29) is 5.82 Å². The number of halogens is 1. The maximum Gasteiger partial charge on any atom is 0.203 e. The SMILES string of the molecule is CCCCCCCCCCCCOc1cc(C2=Nc3cc(-c4cc(OCCCCCCCCCCCC)c(OCCCCCCCCCCCC)c(OCCCCCCCCCCCC)c4)ccc3N(c3cccc(F)c3)N2)cc(OCCCCCCCCCCCC)c1OCCCCCCCCCCCC. The Morgan fingerprint density at radius 1 is 0.271 bits per heavy atom. The monoisotopic (exact) mass is 1480 g/mol.